The van der Waals surface area contributed by atoms with Crippen LogP contribution in [-0.4, -0.2) is 57.8 Å². The molecule has 6 aromatic rings. The van der Waals surface area contributed by atoms with Crippen LogP contribution in [0.3, 0.4) is 0 Å². The summed E-state index contributed by atoms with van der Waals surface area (Å²) in [6.07, 6.45) is 2.63. The number of nitrogens with zero attached hydrogens (tertiary/aromatic N) is 4. The number of rotatable bonds is 6. The van der Waals surface area contributed by atoms with Gasteiger partial charge in [-0.25, -0.2) is 9.97 Å². The van der Waals surface area contributed by atoms with E-state index in [2.05, 4.69) is 62.4 Å². The van der Waals surface area contributed by atoms with Gasteiger partial charge < -0.3 is 9.80 Å². The van der Waals surface area contributed by atoms with Crippen LogP contribution in [0, 0.1) is 0 Å². The molecule has 1 saturated heterocycles. The van der Waals surface area contributed by atoms with Crippen molar-refractivity contribution in [2.75, 3.05) is 26.2 Å². The van der Waals surface area contributed by atoms with Gasteiger partial charge in [0.05, 0.1) is 33.5 Å². The highest BCUT2D eigenvalue weighted by Crippen LogP contribution is 2.29. The molecule has 6 heteroatoms. The van der Waals surface area contributed by atoms with Gasteiger partial charge in [-0.1, -0.05) is 98.8 Å². The Morgan fingerprint density at radius 1 is 0.553 bits per heavy atom. The molecule has 0 radical (unpaired) electrons. The standard InChI is InChI=1S/C41H38N4O2/c1-3-28-14-18-30(19-15-28)38-26-34(32-10-5-7-12-36(32)42-38)40(46)44-22-9-23-45(25-24-44)41(47)35-27-39(31-20-16-29(4-2)17-21-31)43-37-13-8-6-11-33(35)37/h5-8,10-21,26-27H,3-4,9,22-25H2,1-2H3. The van der Waals surface area contributed by atoms with Crippen molar-refractivity contribution in [1.29, 1.82) is 0 Å². The van der Waals surface area contributed by atoms with Crippen LogP contribution < -0.4 is 0 Å². The first-order chi connectivity index (χ1) is 23.0. The SMILES string of the molecule is CCc1ccc(-c2cc(C(=O)N3CCCN(C(=O)c4cc(-c5ccc(CC)cc5)nc5ccccc45)CC3)c3ccccc3n2)cc1. The summed E-state index contributed by atoms with van der Waals surface area (Å²) in [6.45, 7) is 6.33. The van der Waals surface area contributed by atoms with Crippen molar-refractivity contribution >= 4 is 33.6 Å². The quantitative estimate of drug-likeness (QED) is 0.189. The van der Waals surface area contributed by atoms with E-state index in [1.165, 1.54) is 11.1 Å². The van der Waals surface area contributed by atoms with Crippen molar-refractivity contribution in [1.82, 2.24) is 19.8 Å². The third-order valence-electron chi connectivity index (χ3n) is 9.28. The van der Waals surface area contributed by atoms with Crippen LogP contribution in [0.25, 0.3) is 44.3 Å². The second-order valence-electron chi connectivity index (χ2n) is 12.2. The second kappa shape index (κ2) is 13.2. The fraction of sp³-hybridized carbons (Fsp3) is 0.220. The molecule has 0 bridgehead atoms. The van der Waals surface area contributed by atoms with E-state index >= 15 is 0 Å². The van der Waals surface area contributed by atoms with Crippen LogP contribution in [0.2, 0.25) is 0 Å². The number of hydrogen-bond acceptors (Lipinski definition) is 4. The summed E-state index contributed by atoms with van der Waals surface area (Å²) in [4.78, 5) is 42.0. The fourth-order valence-corrected chi connectivity index (χ4v) is 6.49. The molecule has 2 aromatic heterocycles. The first-order valence-corrected chi connectivity index (χ1v) is 16.6. The van der Waals surface area contributed by atoms with E-state index in [9.17, 15) is 9.59 Å². The van der Waals surface area contributed by atoms with Gasteiger partial charge >= 0.3 is 0 Å². The number of amides is 2. The average Bonchev–Trinajstić information content (AvgIpc) is 3.40. The minimum absolute atomic E-state index is 0.0310. The van der Waals surface area contributed by atoms with E-state index in [0.717, 1.165) is 57.2 Å². The van der Waals surface area contributed by atoms with Gasteiger partial charge in [-0.05, 0) is 54.7 Å². The number of benzene rings is 4. The molecule has 0 atom stereocenters. The Morgan fingerprint density at radius 2 is 0.957 bits per heavy atom. The lowest BCUT2D eigenvalue weighted by Crippen LogP contribution is -2.37. The molecule has 1 aliphatic heterocycles. The summed E-state index contributed by atoms with van der Waals surface area (Å²) in [6, 6.07) is 36.3. The van der Waals surface area contributed by atoms with Crippen LogP contribution in [0.15, 0.2) is 109 Å². The van der Waals surface area contributed by atoms with Crippen molar-refractivity contribution in [3.05, 3.63) is 131 Å². The third kappa shape index (κ3) is 6.11. The molecule has 3 heterocycles. The number of fused-ring (bicyclic) bond motifs is 2. The first kappa shape index (κ1) is 30.3. The topological polar surface area (TPSA) is 66.4 Å². The summed E-state index contributed by atoms with van der Waals surface area (Å²) in [5, 5.41) is 1.68. The Balaban J connectivity index is 1.16. The number of carbonyl (C=O) groups excluding carboxylic acids is 2. The van der Waals surface area contributed by atoms with Gasteiger partial charge in [-0.15, -0.1) is 0 Å². The molecular formula is C41H38N4O2. The zero-order valence-electron chi connectivity index (χ0n) is 26.9. The molecule has 2 amide bonds. The maximum Gasteiger partial charge on any atom is 0.254 e. The Kier molecular flexibility index (Phi) is 8.49. The Labute approximate surface area is 275 Å². The normalized spacial score (nSPS) is 13.6. The molecule has 0 N–H and O–H groups in total. The smallest absolute Gasteiger partial charge is 0.254 e. The van der Waals surface area contributed by atoms with Gasteiger partial charge in [0, 0.05) is 48.1 Å². The van der Waals surface area contributed by atoms with Gasteiger partial charge in [0.2, 0.25) is 0 Å². The van der Waals surface area contributed by atoms with Crippen LogP contribution in [0.4, 0.5) is 0 Å². The van der Waals surface area contributed by atoms with E-state index in [1.54, 1.807) is 0 Å². The number of aromatic nitrogens is 2. The van der Waals surface area contributed by atoms with E-state index in [-0.39, 0.29) is 11.8 Å². The number of carbonyl (C=O) groups is 2. The average molecular weight is 619 g/mol. The minimum Gasteiger partial charge on any atom is -0.337 e. The van der Waals surface area contributed by atoms with Gasteiger partial charge in [-0.2, -0.15) is 0 Å². The number of hydrogen-bond donors (Lipinski definition) is 0. The predicted molar refractivity (Wildman–Crippen MR) is 190 cm³/mol. The maximum atomic E-state index is 14.2. The highest BCUT2D eigenvalue weighted by Gasteiger charge is 2.26. The van der Waals surface area contributed by atoms with E-state index < -0.39 is 0 Å². The molecular weight excluding hydrogens is 580 g/mol. The summed E-state index contributed by atoms with van der Waals surface area (Å²) in [5.41, 5.74) is 8.94. The van der Waals surface area contributed by atoms with Crippen molar-refractivity contribution in [2.24, 2.45) is 0 Å². The van der Waals surface area contributed by atoms with Gasteiger partial charge in [0.15, 0.2) is 0 Å². The van der Waals surface area contributed by atoms with Crippen molar-refractivity contribution in [2.45, 2.75) is 33.1 Å². The van der Waals surface area contributed by atoms with Crippen molar-refractivity contribution in [3.63, 3.8) is 0 Å². The van der Waals surface area contributed by atoms with E-state index in [1.807, 2.05) is 70.5 Å². The molecule has 1 aliphatic rings. The molecule has 0 aliphatic carbocycles. The maximum absolute atomic E-state index is 14.2. The molecule has 0 spiro atoms. The number of aryl methyl sites for hydroxylation is 2. The molecule has 47 heavy (non-hydrogen) atoms. The molecule has 6 nitrogen and oxygen atoms in total. The largest absolute Gasteiger partial charge is 0.337 e. The summed E-state index contributed by atoms with van der Waals surface area (Å²) >= 11 is 0. The molecule has 0 unspecified atom stereocenters. The summed E-state index contributed by atoms with van der Waals surface area (Å²) in [7, 11) is 0. The van der Waals surface area contributed by atoms with E-state index in [4.69, 9.17) is 9.97 Å². The fourth-order valence-electron chi connectivity index (χ4n) is 6.49. The van der Waals surface area contributed by atoms with Gasteiger partial charge in [0.1, 0.15) is 0 Å². The van der Waals surface area contributed by atoms with Crippen molar-refractivity contribution < 1.29 is 9.59 Å². The number of para-hydroxylation sites is 2. The molecule has 7 rings (SSSR count). The lowest BCUT2D eigenvalue weighted by molar-refractivity contribution is 0.0720. The minimum atomic E-state index is -0.0310. The highest BCUT2D eigenvalue weighted by atomic mass is 16.2. The Hall–Kier alpha value is -5.36. The van der Waals surface area contributed by atoms with E-state index in [0.29, 0.717) is 43.7 Å². The van der Waals surface area contributed by atoms with Crippen LogP contribution in [0.5, 0.6) is 0 Å². The highest BCUT2D eigenvalue weighted by molar-refractivity contribution is 6.08. The van der Waals surface area contributed by atoms with Crippen LogP contribution in [0.1, 0.15) is 52.1 Å². The van der Waals surface area contributed by atoms with Gasteiger partial charge in [0.25, 0.3) is 11.8 Å². The molecule has 4 aromatic carbocycles. The predicted octanol–water partition coefficient (Wildman–Crippen LogP) is 8.23. The lowest BCUT2D eigenvalue weighted by Gasteiger charge is -2.23. The Morgan fingerprint density at radius 3 is 1.36 bits per heavy atom. The monoisotopic (exact) mass is 618 g/mol. The molecule has 1 fully saturated rings. The zero-order chi connectivity index (χ0) is 32.3. The zero-order valence-corrected chi connectivity index (χ0v) is 26.9. The number of pyridine rings is 2. The molecule has 0 saturated carbocycles. The summed E-state index contributed by atoms with van der Waals surface area (Å²) < 4.78 is 0. The Bertz CT molecular complexity index is 1940. The van der Waals surface area contributed by atoms with Gasteiger partial charge in [-0.3, -0.25) is 9.59 Å². The molecule has 234 valence electrons. The first-order valence-electron chi connectivity index (χ1n) is 16.6. The summed E-state index contributed by atoms with van der Waals surface area (Å²) in [5.74, 6) is -0.0620. The van der Waals surface area contributed by atoms with Crippen LogP contribution >= 0.6 is 0 Å². The van der Waals surface area contributed by atoms with Crippen LogP contribution in [-0.2, 0) is 12.8 Å². The lowest BCUT2D eigenvalue weighted by atomic mass is 10.0. The second-order valence-corrected chi connectivity index (χ2v) is 12.2. The van der Waals surface area contributed by atoms with Crippen molar-refractivity contribution in [3.8, 4) is 22.5 Å². The third-order valence-corrected chi connectivity index (χ3v) is 9.28.